The lowest BCUT2D eigenvalue weighted by atomic mass is 9.97. The van der Waals surface area contributed by atoms with Gasteiger partial charge in [-0.15, -0.1) is 0 Å². The van der Waals surface area contributed by atoms with E-state index >= 15 is 0 Å². The van der Waals surface area contributed by atoms with Crippen molar-refractivity contribution in [3.05, 3.63) is 35.9 Å². The van der Waals surface area contributed by atoms with Crippen molar-refractivity contribution in [1.82, 2.24) is 5.32 Å². The van der Waals surface area contributed by atoms with Crippen molar-refractivity contribution in [1.29, 1.82) is 0 Å². The molecule has 0 fully saturated rings. The van der Waals surface area contributed by atoms with Gasteiger partial charge in [-0.1, -0.05) is 50.6 Å². The standard InChI is InChI=1S/C15H25N/c1-3-14(13-16-4-2)11-8-12-15-9-6-5-7-10-15/h5-7,9-10,14,16H,3-4,8,11-13H2,1-2H3. The van der Waals surface area contributed by atoms with Crippen LogP contribution in [0.5, 0.6) is 0 Å². The molecule has 0 radical (unpaired) electrons. The van der Waals surface area contributed by atoms with E-state index in [-0.39, 0.29) is 0 Å². The Morgan fingerprint density at radius 2 is 1.88 bits per heavy atom. The SMILES string of the molecule is CCNCC(CC)CCCc1ccccc1. The lowest BCUT2D eigenvalue weighted by Crippen LogP contribution is -2.22. The monoisotopic (exact) mass is 219 g/mol. The molecule has 1 nitrogen and oxygen atoms in total. The van der Waals surface area contributed by atoms with Crippen molar-refractivity contribution in [2.45, 2.75) is 39.5 Å². The molecule has 0 spiro atoms. The Hall–Kier alpha value is -0.820. The number of hydrogen-bond donors (Lipinski definition) is 1. The van der Waals surface area contributed by atoms with Crippen LogP contribution in [0.15, 0.2) is 30.3 Å². The Morgan fingerprint density at radius 1 is 1.12 bits per heavy atom. The summed E-state index contributed by atoms with van der Waals surface area (Å²) < 4.78 is 0. The molecule has 0 aliphatic heterocycles. The van der Waals surface area contributed by atoms with E-state index in [1.54, 1.807) is 0 Å². The van der Waals surface area contributed by atoms with Gasteiger partial charge in [0.15, 0.2) is 0 Å². The summed E-state index contributed by atoms with van der Waals surface area (Å²) >= 11 is 0. The molecule has 0 saturated carbocycles. The Bertz CT molecular complexity index is 255. The molecule has 0 aliphatic carbocycles. The highest BCUT2D eigenvalue weighted by molar-refractivity contribution is 5.14. The summed E-state index contributed by atoms with van der Waals surface area (Å²) in [5.41, 5.74) is 1.47. The van der Waals surface area contributed by atoms with Crippen molar-refractivity contribution in [2.75, 3.05) is 13.1 Å². The summed E-state index contributed by atoms with van der Waals surface area (Å²) in [6.45, 7) is 6.75. The van der Waals surface area contributed by atoms with Crippen LogP contribution >= 0.6 is 0 Å². The molecule has 0 bridgehead atoms. The van der Waals surface area contributed by atoms with Crippen LogP contribution in [0.2, 0.25) is 0 Å². The third-order valence-electron chi connectivity index (χ3n) is 3.18. The van der Waals surface area contributed by atoms with Crippen LogP contribution in [0.4, 0.5) is 0 Å². The van der Waals surface area contributed by atoms with Crippen molar-refractivity contribution >= 4 is 0 Å². The van der Waals surface area contributed by atoms with Gasteiger partial charge in [-0.25, -0.2) is 0 Å². The fourth-order valence-electron chi connectivity index (χ4n) is 2.04. The summed E-state index contributed by atoms with van der Waals surface area (Å²) in [5.74, 6) is 0.851. The molecule has 90 valence electrons. The van der Waals surface area contributed by atoms with Gasteiger partial charge in [0.2, 0.25) is 0 Å². The molecule has 16 heavy (non-hydrogen) atoms. The molecule has 1 rings (SSSR count). The van der Waals surface area contributed by atoms with Crippen LogP contribution in [0.3, 0.4) is 0 Å². The van der Waals surface area contributed by atoms with Gasteiger partial charge in [-0.2, -0.15) is 0 Å². The Morgan fingerprint density at radius 3 is 2.50 bits per heavy atom. The Kier molecular flexibility index (Phi) is 6.91. The average Bonchev–Trinajstić information content (AvgIpc) is 2.35. The van der Waals surface area contributed by atoms with Crippen LogP contribution in [-0.2, 0) is 6.42 Å². The first-order valence-electron chi connectivity index (χ1n) is 6.61. The molecule has 0 amide bonds. The predicted octanol–water partition coefficient (Wildman–Crippen LogP) is 3.65. The number of benzene rings is 1. The first-order chi connectivity index (χ1) is 7.86. The molecule has 1 atom stereocenters. The Labute approximate surface area is 100 Å². The fourth-order valence-corrected chi connectivity index (χ4v) is 2.04. The molecular weight excluding hydrogens is 194 g/mol. The number of nitrogens with one attached hydrogen (secondary N) is 1. The largest absolute Gasteiger partial charge is 0.317 e. The summed E-state index contributed by atoms with van der Waals surface area (Å²) in [6.07, 6.45) is 5.18. The highest BCUT2D eigenvalue weighted by atomic mass is 14.8. The fraction of sp³-hybridized carbons (Fsp3) is 0.600. The van der Waals surface area contributed by atoms with Gasteiger partial charge in [-0.3, -0.25) is 0 Å². The van der Waals surface area contributed by atoms with Crippen LogP contribution < -0.4 is 5.32 Å². The molecule has 1 aromatic rings. The second-order valence-electron chi connectivity index (χ2n) is 4.46. The molecule has 0 heterocycles. The van der Waals surface area contributed by atoms with Crippen LogP contribution in [-0.4, -0.2) is 13.1 Å². The van der Waals surface area contributed by atoms with Crippen molar-refractivity contribution in [2.24, 2.45) is 5.92 Å². The van der Waals surface area contributed by atoms with Crippen LogP contribution in [0.25, 0.3) is 0 Å². The van der Waals surface area contributed by atoms with Crippen LogP contribution in [0, 0.1) is 5.92 Å². The van der Waals surface area contributed by atoms with Gasteiger partial charge < -0.3 is 5.32 Å². The third kappa shape index (κ3) is 5.32. The van der Waals surface area contributed by atoms with E-state index in [9.17, 15) is 0 Å². The van der Waals surface area contributed by atoms with Crippen LogP contribution in [0.1, 0.15) is 38.7 Å². The average molecular weight is 219 g/mol. The zero-order valence-electron chi connectivity index (χ0n) is 10.7. The van der Waals surface area contributed by atoms with E-state index in [0.717, 1.165) is 12.5 Å². The Balaban J connectivity index is 2.18. The molecule has 0 saturated heterocycles. The van der Waals surface area contributed by atoms with Gasteiger partial charge in [0, 0.05) is 0 Å². The summed E-state index contributed by atoms with van der Waals surface area (Å²) in [4.78, 5) is 0. The second kappa shape index (κ2) is 8.35. The minimum atomic E-state index is 0.851. The maximum absolute atomic E-state index is 3.45. The number of aryl methyl sites for hydroxylation is 1. The molecule has 0 aliphatic rings. The van der Waals surface area contributed by atoms with Gasteiger partial charge in [0.05, 0.1) is 0 Å². The first kappa shape index (κ1) is 13.2. The summed E-state index contributed by atoms with van der Waals surface area (Å²) in [7, 11) is 0. The lowest BCUT2D eigenvalue weighted by molar-refractivity contribution is 0.427. The van der Waals surface area contributed by atoms with E-state index in [2.05, 4.69) is 49.5 Å². The molecule has 1 N–H and O–H groups in total. The zero-order chi connectivity index (χ0) is 11.6. The maximum Gasteiger partial charge on any atom is -0.00207 e. The molecule has 1 aromatic carbocycles. The molecule has 1 unspecified atom stereocenters. The van der Waals surface area contributed by atoms with E-state index in [1.165, 1.54) is 37.8 Å². The van der Waals surface area contributed by atoms with Gasteiger partial charge in [-0.05, 0) is 43.8 Å². The summed E-state index contributed by atoms with van der Waals surface area (Å²) in [6, 6.07) is 10.8. The van der Waals surface area contributed by atoms with Crippen molar-refractivity contribution in [3.8, 4) is 0 Å². The minimum absolute atomic E-state index is 0.851. The van der Waals surface area contributed by atoms with E-state index < -0.39 is 0 Å². The predicted molar refractivity (Wildman–Crippen MR) is 71.7 cm³/mol. The van der Waals surface area contributed by atoms with Gasteiger partial charge in [0.25, 0.3) is 0 Å². The third-order valence-corrected chi connectivity index (χ3v) is 3.18. The van der Waals surface area contributed by atoms with E-state index in [1.807, 2.05) is 0 Å². The minimum Gasteiger partial charge on any atom is -0.317 e. The van der Waals surface area contributed by atoms with E-state index in [0.29, 0.717) is 0 Å². The maximum atomic E-state index is 3.45. The molecular formula is C15H25N. The van der Waals surface area contributed by atoms with Gasteiger partial charge in [0.1, 0.15) is 0 Å². The molecule has 1 heteroatoms. The number of rotatable bonds is 8. The lowest BCUT2D eigenvalue weighted by Gasteiger charge is -2.14. The smallest absolute Gasteiger partial charge is 0.00207 e. The normalized spacial score (nSPS) is 12.6. The molecule has 0 aromatic heterocycles. The second-order valence-corrected chi connectivity index (χ2v) is 4.46. The topological polar surface area (TPSA) is 12.0 Å². The zero-order valence-corrected chi connectivity index (χ0v) is 10.7. The van der Waals surface area contributed by atoms with E-state index in [4.69, 9.17) is 0 Å². The first-order valence-corrected chi connectivity index (χ1v) is 6.61. The van der Waals surface area contributed by atoms with Crippen molar-refractivity contribution < 1.29 is 0 Å². The number of hydrogen-bond acceptors (Lipinski definition) is 1. The quantitative estimate of drug-likeness (QED) is 0.704. The summed E-state index contributed by atoms with van der Waals surface area (Å²) in [5, 5.41) is 3.45. The highest BCUT2D eigenvalue weighted by Gasteiger charge is 2.04. The van der Waals surface area contributed by atoms with Crippen molar-refractivity contribution in [3.63, 3.8) is 0 Å². The highest BCUT2D eigenvalue weighted by Crippen LogP contribution is 2.13. The van der Waals surface area contributed by atoms with Gasteiger partial charge >= 0.3 is 0 Å².